The van der Waals surface area contributed by atoms with Crippen LogP contribution in [0.4, 0.5) is 22.7 Å². The van der Waals surface area contributed by atoms with Crippen molar-refractivity contribution in [2.45, 2.75) is 116 Å². The van der Waals surface area contributed by atoms with Gasteiger partial charge in [-0.05, 0) is 162 Å². The Morgan fingerprint density at radius 1 is 0.691 bits per heavy atom. The van der Waals surface area contributed by atoms with Gasteiger partial charge in [-0.3, -0.25) is 0 Å². The van der Waals surface area contributed by atoms with Gasteiger partial charge in [0, 0.05) is 57.4 Å². The number of hydrogen-bond acceptors (Lipinski definition) is 4. The van der Waals surface area contributed by atoms with Crippen LogP contribution in [0.1, 0.15) is 112 Å². The molecule has 0 fully saturated rings. The van der Waals surface area contributed by atoms with Gasteiger partial charge in [-0.1, -0.05) is 131 Å². The first-order chi connectivity index (χ1) is 33.3. The van der Waals surface area contributed by atoms with Crippen molar-refractivity contribution in [2.75, 3.05) is 9.80 Å². The van der Waals surface area contributed by atoms with E-state index in [-0.39, 0.29) is 11.5 Å². The zero-order valence-corrected chi connectivity index (χ0v) is 40.1. The maximum atomic E-state index is 6.93. The minimum atomic E-state index is 0.134. The molecule has 0 radical (unpaired) electrons. The molecular weight excluding hydrogens is 829 g/mol. The number of anilines is 4. The molecule has 4 nitrogen and oxygen atoms in total. The van der Waals surface area contributed by atoms with Crippen LogP contribution < -0.4 is 14.5 Å². The number of ether oxygens (including phenoxy) is 1. The molecule has 0 amide bonds. The number of rotatable bonds is 9. The number of furan rings is 1. The van der Waals surface area contributed by atoms with Crippen LogP contribution in [0.2, 0.25) is 0 Å². The highest BCUT2D eigenvalue weighted by molar-refractivity contribution is 6.19. The molecule has 340 valence electrons. The molecule has 6 aromatic carbocycles. The van der Waals surface area contributed by atoms with Crippen LogP contribution in [0, 0.1) is 11.3 Å². The Bertz CT molecular complexity index is 3320. The summed E-state index contributed by atoms with van der Waals surface area (Å²) in [6.07, 6.45) is 31.8. The molecule has 0 saturated carbocycles. The van der Waals surface area contributed by atoms with Crippen molar-refractivity contribution < 1.29 is 9.15 Å². The van der Waals surface area contributed by atoms with Crippen molar-refractivity contribution in [3.8, 4) is 17.1 Å². The summed E-state index contributed by atoms with van der Waals surface area (Å²) in [5.41, 5.74) is 16.0. The van der Waals surface area contributed by atoms with Crippen LogP contribution in [0.5, 0.6) is 5.75 Å². The van der Waals surface area contributed by atoms with Crippen molar-refractivity contribution in [1.29, 1.82) is 0 Å². The van der Waals surface area contributed by atoms with Crippen LogP contribution in [0.3, 0.4) is 0 Å². The standard InChI is InChI=1S/C64H62N2O2/c1-40(2)48-37-56(66(45-25-15-8-16-26-45)54-28-18-30-58-50(54)39-60(68-58)42-21-11-6-12-22-42)51-36-52-61-43(33-34-64(52,3)4)35-55(47-32-31-46(48)62(51)63(47)61)65(44-23-13-7-14-24-44)53-27-17-29-57-49(53)38-59(67-57)41-19-9-5-10-20-41/h5-6,8-13,15,17-21,23-24,27-32,35,37-38,40,42,45,52,60H,7,14,16,22,25-26,33-34,36,39H2,1-4H3. The Morgan fingerprint density at radius 2 is 1.56 bits per heavy atom. The molecule has 4 atom stereocenters. The van der Waals surface area contributed by atoms with E-state index in [9.17, 15) is 0 Å². The van der Waals surface area contributed by atoms with E-state index in [1.807, 2.05) is 0 Å². The van der Waals surface area contributed by atoms with Crippen molar-refractivity contribution in [3.05, 3.63) is 185 Å². The van der Waals surface area contributed by atoms with Gasteiger partial charge in [-0.25, -0.2) is 0 Å². The molecule has 13 rings (SSSR count). The fraction of sp³-hybridized carbons (Fsp3) is 0.312. The molecule has 4 heteroatoms. The Kier molecular flexibility index (Phi) is 10.0. The van der Waals surface area contributed by atoms with E-state index >= 15 is 0 Å². The SMILES string of the molecule is CC(C)c1cc(N(c2cccc3c2CC(C2C=CC=CC2)O3)C2CC=CCC2)c2c3c1ccc1c(N(C4=CCCC=C4)c4cccc5oc(-c6ccccc6)cc45)cc4c(c13)C(C2)C(C)(C)CC4. The van der Waals surface area contributed by atoms with Crippen LogP contribution in [0.25, 0.3) is 43.8 Å². The first kappa shape index (κ1) is 41.7. The molecule has 68 heavy (non-hydrogen) atoms. The first-order valence-corrected chi connectivity index (χ1v) is 25.7. The third-order valence-corrected chi connectivity index (χ3v) is 16.7. The molecule has 1 aromatic heterocycles. The molecule has 0 N–H and O–H groups in total. The summed E-state index contributed by atoms with van der Waals surface area (Å²) in [4.78, 5) is 5.42. The number of aryl methyl sites for hydroxylation is 1. The fourth-order valence-corrected chi connectivity index (χ4v) is 13.2. The van der Waals surface area contributed by atoms with Gasteiger partial charge >= 0.3 is 0 Å². The van der Waals surface area contributed by atoms with Gasteiger partial charge in [0.15, 0.2) is 0 Å². The van der Waals surface area contributed by atoms with Gasteiger partial charge < -0.3 is 19.0 Å². The Labute approximate surface area is 402 Å². The molecule has 7 aromatic rings. The Hall–Kier alpha value is -6.52. The molecule has 0 saturated heterocycles. The molecule has 1 aliphatic heterocycles. The van der Waals surface area contributed by atoms with E-state index in [1.54, 1.807) is 5.56 Å². The van der Waals surface area contributed by atoms with Crippen LogP contribution in [-0.2, 0) is 19.3 Å². The van der Waals surface area contributed by atoms with Gasteiger partial charge in [-0.2, -0.15) is 0 Å². The maximum absolute atomic E-state index is 6.93. The van der Waals surface area contributed by atoms with E-state index in [2.05, 4.69) is 189 Å². The third kappa shape index (κ3) is 6.68. The van der Waals surface area contributed by atoms with Gasteiger partial charge in [0.05, 0.1) is 11.4 Å². The smallest absolute Gasteiger partial charge is 0.136 e. The average Bonchev–Trinajstić information content (AvgIpc) is 4.03. The van der Waals surface area contributed by atoms with Gasteiger partial charge in [0.1, 0.15) is 23.2 Å². The lowest BCUT2D eigenvalue weighted by atomic mass is 9.60. The van der Waals surface area contributed by atoms with Crippen molar-refractivity contribution in [1.82, 2.24) is 0 Å². The lowest BCUT2D eigenvalue weighted by Crippen LogP contribution is -2.36. The average molecular weight is 891 g/mol. The Morgan fingerprint density at radius 3 is 2.37 bits per heavy atom. The number of fused-ring (bicyclic) bond motifs is 2. The predicted molar refractivity (Wildman–Crippen MR) is 284 cm³/mol. The summed E-state index contributed by atoms with van der Waals surface area (Å²) in [6.45, 7) is 9.93. The monoisotopic (exact) mass is 890 g/mol. The van der Waals surface area contributed by atoms with E-state index in [1.165, 1.54) is 66.6 Å². The molecule has 0 bridgehead atoms. The summed E-state index contributed by atoms with van der Waals surface area (Å²) in [5, 5.41) is 6.85. The second kappa shape index (κ2) is 16.3. The summed E-state index contributed by atoms with van der Waals surface area (Å²) >= 11 is 0. The molecular formula is C64H62N2O2. The van der Waals surface area contributed by atoms with Crippen LogP contribution in [0.15, 0.2) is 162 Å². The number of benzene rings is 6. The third-order valence-electron chi connectivity index (χ3n) is 16.7. The highest BCUT2D eigenvalue weighted by atomic mass is 16.5. The molecule has 2 heterocycles. The molecule has 5 aliphatic carbocycles. The van der Waals surface area contributed by atoms with Crippen molar-refractivity contribution in [3.63, 3.8) is 0 Å². The lowest BCUT2D eigenvalue weighted by Gasteiger charge is -2.46. The van der Waals surface area contributed by atoms with Crippen molar-refractivity contribution >= 4 is 55.3 Å². The van der Waals surface area contributed by atoms with Gasteiger partial charge in [0.2, 0.25) is 0 Å². The highest BCUT2D eigenvalue weighted by Crippen LogP contribution is 2.59. The number of hydrogen-bond donors (Lipinski definition) is 0. The van der Waals surface area contributed by atoms with Gasteiger partial charge in [0.25, 0.3) is 0 Å². The van der Waals surface area contributed by atoms with E-state index in [0.717, 1.165) is 97.9 Å². The largest absolute Gasteiger partial charge is 0.489 e. The number of allylic oxidation sites excluding steroid dienone is 7. The minimum absolute atomic E-state index is 0.134. The van der Waals surface area contributed by atoms with E-state index in [4.69, 9.17) is 9.15 Å². The zero-order valence-electron chi connectivity index (χ0n) is 40.1. The van der Waals surface area contributed by atoms with Crippen LogP contribution >= 0.6 is 0 Å². The Balaban J connectivity index is 1.08. The molecule has 6 aliphatic rings. The van der Waals surface area contributed by atoms with Gasteiger partial charge in [-0.15, -0.1) is 0 Å². The summed E-state index contributed by atoms with van der Waals surface area (Å²) in [6, 6.07) is 36.9. The van der Waals surface area contributed by atoms with E-state index < -0.39 is 0 Å². The normalized spacial score (nSPS) is 22.0. The minimum Gasteiger partial charge on any atom is -0.489 e. The summed E-state index contributed by atoms with van der Waals surface area (Å²) in [7, 11) is 0. The summed E-state index contributed by atoms with van der Waals surface area (Å²) < 4.78 is 13.6. The molecule has 4 unspecified atom stereocenters. The summed E-state index contributed by atoms with van der Waals surface area (Å²) in [5.74, 6) is 3.08. The quantitative estimate of drug-likeness (QED) is 0.107. The molecule has 0 spiro atoms. The number of nitrogens with zero attached hydrogens (tertiary/aromatic N) is 2. The van der Waals surface area contributed by atoms with Crippen molar-refractivity contribution in [2.24, 2.45) is 11.3 Å². The highest BCUT2D eigenvalue weighted by Gasteiger charge is 2.43. The topological polar surface area (TPSA) is 28.9 Å². The maximum Gasteiger partial charge on any atom is 0.136 e. The second-order valence-electron chi connectivity index (χ2n) is 21.5. The lowest BCUT2D eigenvalue weighted by molar-refractivity contribution is 0.184. The first-order valence-electron chi connectivity index (χ1n) is 25.7. The second-order valence-corrected chi connectivity index (χ2v) is 21.5. The predicted octanol–water partition coefficient (Wildman–Crippen LogP) is 17.2. The zero-order chi connectivity index (χ0) is 45.7. The van der Waals surface area contributed by atoms with E-state index in [0.29, 0.717) is 23.8 Å². The van der Waals surface area contributed by atoms with Crippen LogP contribution in [-0.4, -0.2) is 12.1 Å². The fourth-order valence-electron chi connectivity index (χ4n) is 13.2.